The van der Waals surface area contributed by atoms with E-state index in [0.29, 0.717) is 12.2 Å². The predicted molar refractivity (Wildman–Crippen MR) is 54.1 cm³/mol. The number of carbonyl (C=O) groups excluding carboxylic acids is 1. The number of hydrogen-bond donors (Lipinski definition) is 0. The van der Waals surface area contributed by atoms with Gasteiger partial charge in [-0.25, -0.2) is 0 Å². The summed E-state index contributed by atoms with van der Waals surface area (Å²) >= 11 is 0. The molecule has 0 radical (unpaired) electrons. The van der Waals surface area contributed by atoms with E-state index in [-0.39, 0.29) is 6.10 Å². The summed E-state index contributed by atoms with van der Waals surface area (Å²) in [5, 5.41) is 0. The Bertz CT molecular complexity index is 268. The molecular weight excluding hydrogens is 180 g/mol. The van der Waals surface area contributed by atoms with Crippen LogP contribution in [-0.4, -0.2) is 31.7 Å². The smallest absolute Gasteiger partial charge is 0.148 e. The summed E-state index contributed by atoms with van der Waals surface area (Å²) in [5.74, 6) is 0. The average molecular weight is 196 g/mol. The third-order valence-electron chi connectivity index (χ3n) is 2.23. The molecule has 2 unspecified atom stereocenters. The lowest BCUT2D eigenvalue weighted by Gasteiger charge is -2.28. The second-order valence-electron chi connectivity index (χ2n) is 3.39. The van der Waals surface area contributed by atoms with Crippen molar-refractivity contribution in [1.82, 2.24) is 0 Å². The highest BCUT2D eigenvalue weighted by Crippen LogP contribution is 2.24. The molecule has 2 atom stereocenters. The molecule has 0 aliphatic heterocycles. The fraction of sp³-hybridized carbons (Fsp3) is 0.545. The van der Waals surface area contributed by atoms with Crippen LogP contribution >= 0.6 is 0 Å². The highest BCUT2D eigenvalue weighted by molar-refractivity contribution is 5.76. The molecule has 78 valence electrons. The van der Waals surface area contributed by atoms with Crippen molar-refractivity contribution in [2.75, 3.05) is 13.7 Å². The van der Waals surface area contributed by atoms with Crippen molar-refractivity contribution in [3.8, 4) is 0 Å². The van der Waals surface area contributed by atoms with Crippen LogP contribution in [0.15, 0.2) is 23.8 Å². The molecule has 0 saturated heterocycles. The van der Waals surface area contributed by atoms with E-state index in [2.05, 4.69) is 0 Å². The summed E-state index contributed by atoms with van der Waals surface area (Å²) < 4.78 is 10.6. The van der Waals surface area contributed by atoms with E-state index in [1.54, 1.807) is 13.2 Å². The van der Waals surface area contributed by atoms with Crippen LogP contribution in [0.5, 0.6) is 0 Å². The van der Waals surface area contributed by atoms with Gasteiger partial charge in [-0.15, -0.1) is 0 Å². The van der Waals surface area contributed by atoms with Gasteiger partial charge in [0.25, 0.3) is 0 Å². The van der Waals surface area contributed by atoms with Gasteiger partial charge in [0.05, 0.1) is 0 Å². The van der Waals surface area contributed by atoms with Gasteiger partial charge in [0.15, 0.2) is 0 Å². The Kier molecular flexibility index (Phi) is 3.61. The van der Waals surface area contributed by atoms with E-state index in [1.165, 1.54) is 0 Å². The number of carbonyl (C=O) groups is 1. The third kappa shape index (κ3) is 2.30. The number of ether oxygens (including phenoxy) is 2. The third-order valence-corrected chi connectivity index (χ3v) is 2.23. The van der Waals surface area contributed by atoms with Gasteiger partial charge in [-0.05, 0) is 19.9 Å². The van der Waals surface area contributed by atoms with Crippen LogP contribution in [0.25, 0.3) is 0 Å². The first-order valence-electron chi connectivity index (χ1n) is 4.69. The maximum absolute atomic E-state index is 10.8. The Morgan fingerprint density at radius 1 is 1.64 bits per heavy atom. The molecule has 0 heterocycles. The van der Waals surface area contributed by atoms with E-state index in [4.69, 9.17) is 9.47 Å². The van der Waals surface area contributed by atoms with Crippen LogP contribution in [-0.2, 0) is 14.3 Å². The number of aldehydes is 1. The molecule has 0 aromatic rings. The maximum Gasteiger partial charge on any atom is 0.148 e. The van der Waals surface area contributed by atoms with Crippen molar-refractivity contribution in [2.24, 2.45) is 0 Å². The summed E-state index contributed by atoms with van der Waals surface area (Å²) in [6, 6.07) is 0. The van der Waals surface area contributed by atoms with E-state index in [1.807, 2.05) is 26.0 Å². The number of hydrogen-bond acceptors (Lipinski definition) is 3. The fourth-order valence-electron chi connectivity index (χ4n) is 1.57. The van der Waals surface area contributed by atoms with Crippen molar-refractivity contribution >= 4 is 6.29 Å². The summed E-state index contributed by atoms with van der Waals surface area (Å²) in [5.41, 5.74) is 0.144. The zero-order valence-electron chi connectivity index (χ0n) is 8.82. The molecule has 0 bridgehead atoms. The fourth-order valence-corrected chi connectivity index (χ4v) is 1.57. The van der Waals surface area contributed by atoms with Crippen molar-refractivity contribution in [3.05, 3.63) is 23.8 Å². The van der Waals surface area contributed by atoms with Gasteiger partial charge in [0.2, 0.25) is 0 Å². The van der Waals surface area contributed by atoms with E-state index < -0.39 is 5.60 Å². The predicted octanol–water partition coefficient (Wildman–Crippen LogP) is 1.49. The van der Waals surface area contributed by atoms with Crippen LogP contribution in [0.4, 0.5) is 0 Å². The highest BCUT2D eigenvalue weighted by atomic mass is 16.5. The number of methoxy groups -OCH3 is 1. The molecule has 0 fully saturated rings. The van der Waals surface area contributed by atoms with E-state index in [9.17, 15) is 4.79 Å². The number of rotatable bonds is 4. The van der Waals surface area contributed by atoms with Crippen molar-refractivity contribution < 1.29 is 14.3 Å². The van der Waals surface area contributed by atoms with Gasteiger partial charge >= 0.3 is 0 Å². The molecule has 14 heavy (non-hydrogen) atoms. The standard InChI is InChI=1S/C11H16O3/c1-4-14-11(2)6-5-10(13-3)9(7-11)8-12/h5-8,10H,4H2,1-3H3. The van der Waals surface area contributed by atoms with Crippen molar-refractivity contribution in [2.45, 2.75) is 25.6 Å². The Labute approximate surface area is 84.4 Å². The lowest BCUT2D eigenvalue weighted by Crippen LogP contribution is -2.30. The first-order valence-corrected chi connectivity index (χ1v) is 4.69. The van der Waals surface area contributed by atoms with Gasteiger partial charge in [-0.1, -0.05) is 12.2 Å². The quantitative estimate of drug-likeness (QED) is 0.505. The molecule has 0 amide bonds. The highest BCUT2D eigenvalue weighted by Gasteiger charge is 2.26. The Balaban J connectivity index is 2.87. The zero-order valence-corrected chi connectivity index (χ0v) is 8.82. The second-order valence-corrected chi connectivity index (χ2v) is 3.39. The van der Waals surface area contributed by atoms with Crippen LogP contribution in [0.3, 0.4) is 0 Å². The minimum atomic E-state index is -0.472. The van der Waals surface area contributed by atoms with Crippen LogP contribution in [0.2, 0.25) is 0 Å². The van der Waals surface area contributed by atoms with Crippen molar-refractivity contribution in [1.29, 1.82) is 0 Å². The van der Waals surface area contributed by atoms with E-state index >= 15 is 0 Å². The molecular formula is C11H16O3. The molecule has 0 aromatic carbocycles. The molecule has 0 spiro atoms. The molecule has 0 N–H and O–H groups in total. The summed E-state index contributed by atoms with van der Waals surface area (Å²) in [4.78, 5) is 10.8. The molecule has 1 rings (SSSR count). The van der Waals surface area contributed by atoms with E-state index in [0.717, 1.165) is 6.29 Å². The Hall–Kier alpha value is -0.930. The zero-order chi connectivity index (χ0) is 10.6. The van der Waals surface area contributed by atoms with Gasteiger partial charge in [0, 0.05) is 19.3 Å². The monoisotopic (exact) mass is 196 g/mol. The Morgan fingerprint density at radius 3 is 2.86 bits per heavy atom. The minimum Gasteiger partial charge on any atom is -0.373 e. The summed E-state index contributed by atoms with van der Waals surface area (Å²) in [6.45, 7) is 4.46. The Morgan fingerprint density at radius 2 is 2.36 bits per heavy atom. The normalized spacial score (nSPS) is 31.4. The molecule has 1 aliphatic carbocycles. The van der Waals surface area contributed by atoms with Crippen LogP contribution in [0, 0.1) is 0 Å². The lowest BCUT2D eigenvalue weighted by molar-refractivity contribution is -0.106. The molecule has 3 heteroatoms. The second kappa shape index (κ2) is 4.53. The summed E-state index contributed by atoms with van der Waals surface area (Å²) in [7, 11) is 1.58. The van der Waals surface area contributed by atoms with Crippen molar-refractivity contribution in [3.63, 3.8) is 0 Å². The molecule has 1 aliphatic rings. The van der Waals surface area contributed by atoms with Gasteiger partial charge in [-0.3, -0.25) is 4.79 Å². The van der Waals surface area contributed by atoms with Gasteiger partial charge in [0.1, 0.15) is 18.0 Å². The first kappa shape index (κ1) is 11.1. The minimum absolute atomic E-state index is 0.235. The molecule has 0 saturated carbocycles. The van der Waals surface area contributed by atoms with Gasteiger partial charge < -0.3 is 9.47 Å². The maximum atomic E-state index is 10.8. The van der Waals surface area contributed by atoms with Crippen LogP contribution < -0.4 is 0 Å². The SMILES string of the molecule is CCOC1(C)C=CC(OC)C(C=O)=C1. The first-order chi connectivity index (χ1) is 6.65. The molecule has 3 nitrogen and oxygen atoms in total. The van der Waals surface area contributed by atoms with Crippen LogP contribution in [0.1, 0.15) is 13.8 Å². The lowest BCUT2D eigenvalue weighted by atomic mass is 9.93. The van der Waals surface area contributed by atoms with Gasteiger partial charge in [-0.2, -0.15) is 0 Å². The molecule has 0 aromatic heterocycles. The average Bonchev–Trinajstić information content (AvgIpc) is 2.18. The summed E-state index contributed by atoms with van der Waals surface area (Å²) in [6.07, 6.45) is 6.14. The topological polar surface area (TPSA) is 35.5 Å². The largest absolute Gasteiger partial charge is 0.373 e.